The number of rotatable bonds is 3. The van der Waals surface area contributed by atoms with Crippen LogP contribution < -0.4 is 0 Å². The van der Waals surface area contributed by atoms with Crippen molar-refractivity contribution in [2.24, 2.45) is 28.1 Å². The standard InChI is InChI=1S/C19H30O2/c1-17-8-15-9-18(2,11-17)13-19(10-15,12-17)16(20)7-14-3-5-21-6-4-14/h14-15H,3-13H2,1-2H3. The van der Waals surface area contributed by atoms with Gasteiger partial charge < -0.3 is 4.74 Å². The summed E-state index contributed by atoms with van der Waals surface area (Å²) >= 11 is 0. The molecule has 5 aliphatic rings. The van der Waals surface area contributed by atoms with Gasteiger partial charge in [-0.25, -0.2) is 0 Å². The van der Waals surface area contributed by atoms with E-state index >= 15 is 0 Å². The van der Waals surface area contributed by atoms with Crippen molar-refractivity contribution in [3.63, 3.8) is 0 Å². The first kappa shape index (κ1) is 14.2. The Hall–Kier alpha value is -0.370. The van der Waals surface area contributed by atoms with Crippen LogP contribution in [0.4, 0.5) is 0 Å². The lowest BCUT2D eigenvalue weighted by Crippen LogP contribution is -2.57. The Kier molecular flexibility index (Phi) is 3.10. The number of hydrogen-bond donors (Lipinski definition) is 0. The summed E-state index contributed by atoms with van der Waals surface area (Å²) in [6.07, 6.45) is 10.7. The molecular weight excluding hydrogens is 260 g/mol. The minimum Gasteiger partial charge on any atom is -0.381 e. The van der Waals surface area contributed by atoms with Crippen LogP contribution >= 0.6 is 0 Å². The lowest BCUT2D eigenvalue weighted by molar-refractivity contribution is -0.169. The van der Waals surface area contributed by atoms with Crippen molar-refractivity contribution in [2.75, 3.05) is 13.2 Å². The number of Topliss-reactive ketones (excluding diaryl/α,β-unsaturated/α-hetero) is 1. The summed E-state index contributed by atoms with van der Waals surface area (Å²) in [5.74, 6) is 2.05. The van der Waals surface area contributed by atoms with Gasteiger partial charge in [-0.3, -0.25) is 4.79 Å². The maximum atomic E-state index is 13.2. The van der Waals surface area contributed by atoms with Gasteiger partial charge in [0, 0.05) is 25.0 Å². The highest BCUT2D eigenvalue weighted by Crippen LogP contribution is 2.70. The number of carbonyl (C=O) groups is 1. The van der Waals surface area contributed by atoms with Crippen LogP contribution in [0.15, 0.2) is 0 Å². The van der Waals surface area contributed by atoms with E-state index in [-0.39, 0.29) is 5.41 Å². The van der Waals surface area contributed by atoms with E-state index in [1.165, 1.54) is 38.5 Å². The maximum absolute atomic E-state index is 13.2. The highest BCUT2D eigenvalue weighted by molar-refractivity contribution is 5.85. The molecule has 4 saturated carbocycles. The lowest BCUT2D eigenvalue weighted by Gasteiger charge is -2.65. The van der Waals surface area contributed by atoms with Crippen molar-refractivity contribution in [3.8, 4) is 0 Å². The molecule has 0 amide bonds. The van der Waals surface area contributed by atoms with Crippen molar-refractivity contribution < 1.29 is 9.53 Å². The molecule has 4 bridgehead atoms. The number of carbonyl (C=O) groups excluding carboxylic acids is 1. The van der Waals surface area contributed by atoms with Gasteiger partial charge in [0.15, 0.2) is 0 Å². The SMILES string of the molecule is CC12CC3CC(C)(C1)CC(C(=O)CC1CCOCC1)(C3)C2. The molecule has 1 heterocycles. The highest BCUT2D eigenvalue weighted by Gasteiger charge is 2.62. The largest absolute Gasteiger partial charge is 0.381 e. The van der Waals surface area contributed by atoms with E-state index in [9.17, 15) is 4.79 Å². The minimum atomic E-state index is 0.0568. The van der Waals surface area contributed by atoms with Crippen molar-refractivity contribution in [2.45, 2.75) is 71.6 Å². The Morgan fingerprint density at radius 1 is 1.00 bits per heavy atom. The van der Waals surface area contributed by atoms with Gasteiger partial charge in [0.2, 0.25) is 0 Å². The number of ether oxygens (including phenoxy) is 1. The molecule has 2 unspecified atom stereocenters. The second-order valence-electron chi connectivity index (χ2n) is 9.59. The Balaban J connectivity index is 1.54. The molecule has 0 aromatic rings. The molecule has 1 saturated heterocycles. The fourth-order valence-electron chi connectivity index (χ4n) is 7.19. The van der Waals surface area contributed by atoms with Crippen LogP contribution in [0, 0.1) is 28.1 Å². The molecule has 0 aromatic heterocycles. The monoisotopic (exact) mass is 290 g/mol. The van der Waals surface area contributed by atoms with Crippen molar-refractivity contribution in [3.05, 3.63) is 0 Å². The third-order valence-corrected chi connectivity index (χ3v) is 7.03. The summed E-state index contributed by atoms with van der Waals surface area (Å²) in [5.41, 5.74) is 0.972. The molecule has 0 aromatic carbocycles. The Morgan fingerprint density at radius 2 is 1.62 bits per heavy atom. The third kappa shape index (κ3) is 2.38. The second kappa shape index (κ2) is 4.57. The quantitative estimate of drug-likeness (QED) is 0.771. The van der Waals surface area contributed by atoms with Crippen LogP contribution in [-0.4, -0.2) is 19.0 Å². The predicted molar refractivity (Wildman–Crippen MR) is 83.0 cm³/mol. The van der Waals surface area contributed by atoms with E-state index in [2.05, 4.69) is 13.8 Å². The topological polar surface area (TPSA) is 26.3 Å². The number of hydrogen-bond acceptors (Lipinski definition) is 2. The molecule has 0 N–H and O–H groups in total. The fraction of sp³-hybridized carbons (Fsp3) is 0.947. The molecule has 118 valence electrons. The molecule has 0 spiro atoms. The Bertz CT molecular complexity index is 430. The summed E-state index contributed by atoms with van der Waals surface area (Å²) in [6.45, 7) is 6.66. The van der Waals surface area contributed by atoms with Gasteiger partial charge in [-0.1, -0.05) is 13.8 Å². The highest BCUT2D eigenvalue weighted by atomic mass is 16.5. The molecule has 5 fully saturated rings. The van der Waals surface area contributed by atoms with Gasteiger partial charge >= 0.3 is 0 Å². The fourth-order valence-corrected chi connectivity index (χ4v) is 7.19. The molecule has 21 heavy (non-hydrogen) atoms. The van der Waals surface area contributed by atoms with Crippen LogP contribution in [0.5, 0.6) is 0 Å². The van der Waals surface area contributed by atoms with Crippen LogP contribution in [0.2, 0.25) is 0 Å². The molecular formula is C19H30O2. The van der Waals surface area contributed by atoms with E-state index in [1.807, 2.05) is 0 Å². The lowest BCUT2D eigenvalue weighted by atomic mass is 9.39. The summed E-state index contributed by atoms with van der Waals surface area (Å²) in [7, 11) is 0. The van der Waals surface area contributed by atoms with E-state index in [4.69, 9.17) is 4.74 Å². The van der Waals surface area contributed by atoms with Crippen LogP contribution in [0.25, 0.3) is 0 Å². The van der Waals surface area contributed by atoms with Gasteiger partial charge in [-0.2, -0.15) is 0 Å². The Morgan fingerprint density at radius 3 is 2.19 bits per heavy atom. The normalized spacial score (nSPS) is 49.5. The van der Waals surface area contributed by atoms with Gasteiger partial charge in [-0.15, -0.1) is 0 Å². The molecule has 0 radical (unpaired) electrons. The third-order valence-electron chi connectivity index (χ3n) is 7.03. The van der Waals surface area contributed by atoms with Crippen LogP contribution in [0.3, 0.4) is 0 Å². The minimum absolute atomic E-state index is 0.0568. The van der Waals surface area contributed by atoms with Gasteiger partial charge in [0.05, 0.1) is 0 Å². The van der Waals surface area contributed by atoms with Crippen LogP contribution in [-0.2, 0) is 9.53 Å². The molecule has 5 rings (SSSR count). The first-order valence-corrected chi connectivity index (χ1v) is 9.02. The molecule has 2 atom stereocenters. The summed E-state index contributed by atoms with van der Waals surface area (Å²) in [5, 5.41) is 0. The van der Waals surface area contributed by atoms with Crippen LogP contribution in [0.1, 0.15) is 71.6 Å². The van der Waals surface area contributed by atoms with Gasteiger partial charge in [0.1, 0.15) is 5.78 Å². The first-order chi connectivity index (χ1) is 9.91. The first-order valence-electron chi connectivity index (χ1n) is 9.02. The molecule has 2 heteroatoms. The summed E-state index contributed by atoms with van der Waals surface area (Å²) < 4.78 is 5.45. The van der Waals surface area contributed by atoms with E-state index in [0.29, 0.717) is 22.5 Å². The molecule has 2 nitrogen and oxygen atoms in total. The van der Waals surface area contributed by atoms with Crippen molar-refractivity contribution in [1.29, 1.82) is 0 Å². The van der Waals surface area contributed by atoms with Crippen molar-refractivity contribution in [1.82, 2.24) is 0 Å². The number of ketones is 1. The second-order valence-corrected chi connectivity index (χ2v) is 9.59. The van der Waals surface area contributed by atoms with E-state index in [0.717, 1.165) is 38.4 Å². The predicted octanol–water partition coefficient (Wildman–Crippen LogP) is 4.37. The van der Waals surface area contributed by atoms with Gasteiger partial charge in [-0.05, 0) is 74.0 Å². The average Bonchev–Trinajstić information content (AvgIpc) is 2.35. The smallest absolute Gasteiger partial charge is 0.139 e. The molecule has 1 aliphatic heterocycles. The average molecular weight is 290 g/mol. The maximum Gasteiger partial charge on any atom is 0.139 e. The molecule has 4 aliphatic carbocycles. The summed E-state index contributed by atoms with van der Waals surface area (Å²) in [4.78, 5) is 13.2. The van der Waals surface area contributed by atoms with E-state index in [1.54, 1.807) is 0 Å². The zero-order valence-corrected chi connectivity index (χ0v) is 13.7. The van der Waals surface area contributed by atoms with Gasteiger partial charge in [0.25, 0.3) is 0 Å². The zero-order chi connectivity index (χ0) is 14.7. The summed E-state index contributed by atoms with van der Waals surface area (Å²) in [6, 6.07) is 0. The van der Waals surface area contributed by atoms with Crippen molar-refractivity contribution >= 4 is 5.78 Å². The zero-order valence-electron chi connectivity index (χ0n) is 13.7. The Labute approximate surface area is 129 Å². The van der Waals surface area contributed by atoms with E-state index < -0.39 is 0 Å².